The molecule has 1 unspecified atom stereocenters. The van der Waals surface area contributed by atoms with E-state index in [1.54, 1.807) is 11.8 Å². The molecular formula is C8H17NO2. The Labute approximate surface area is 68.0 Å². The van der Waals surface area contributed by atoms with E-state index in [1.165, 1.54) is 0 Å². The van der Waals surface area contributed by atoms with Gasteiger partial charge in [-0.05, 0) is 20.3 Å². The molecule has 1 atom stereocenters. The van der Waals surface area contributed by atoms with Gasteiger partial charge < -0.3 is 10.0 Å². The first-order valence-corrected chi connectivity index (χ1v) is 4.14. The zero-order valence-corrected chi connectivity index (χ0v) is 7.50. The van der Waals surface area contributed by atoms with Crippen molar-refractivity contribution in [1.82, 2.24) is 4.90 Å². The fourth-order valence-electron chi connectivity index (χ4n) is 0.921. The smallest absolute Gasteiger partial charge is 0.251 e. The molecule has 0 rings (SSSR count). The molecule has 0 aliphatic carbocycles. The molecule has 1 amide bonds. The van der Waals surface area contributed by atoms with Crippen molar-refractivity contribution < 1.29 is 9.90 Å². The molecule has 0 aromatic heterocycles. The third kappa shape index (κ3) is 2.89. The van der Waals surface area contributed by atoms with Crippen molar-refractivity contribution in [3.63, 3.8) is 0 Å². The normalized spacial score (nSPS) is 12.7. The van der Waals surface area contributed by atoms with Crippen molar-refractivity contribution >= 4 is 5.91 Å². The second kappa shape index (κ2) is 5.13. The third-order valence-corrected chi connectivity index (χ3v) is 1.75. The predicted octanol–water partition coefficient (Wildman–Crippen LogP) is 0.626. The standard InChI is InChI=1S/C8H17NO2/c1-4-7(10)8(11)9(5-2)6-3/h7,10H,4-6H2,1-3H3. The Morgan fingerprint density at radius 1 is 1.36 bits per heavy atom. The number of likely N-dealkylation sites (N-methyl/N-ethyl adjacent to an activating group) is 1. The Morgan fingerprint density at radius 2 is 1.82 bits per heavy atom. The van der Waals surface area contributed by atoms with Gasteiger partial charge in [0.25, 0.3) is 5.91 Å². The van der Waals surface area contributed by atoms with Crippen LogP contribution in [0.5, 0.6) is 0 Å². The van der Waals surface area contributed by atoms with Crippen LogP contribution in [-0.2, 0) is 4.79 Å². The van der Waals surface area contributed by atoms with E-state index in [9.17, 15) is 4.79 Å². The van der Waals surface area contributed by atoms with Gasteiger partial charge in [0.2, 0.25) is 0 Å². The van der Waals surface area contributed by atoms with Gasteiger partial charge in [-0.1, -0.05) is 6.92 Å². The quantitative estimate of drug-likeness (QED) is 0.653. The number of nitrogens with zero attached hydrogens (tertiary/aromatic N) is 1. The number of aliphatic hydroxyl groups is 1. The highest BCUT2D eigenvalue weighted by Crippen LogP contribution is 1.97. The second-order valence-electron chi connectivity index (χ2n) is 2.43. The van der Waals surface area contributed by atoms with Crippen molar-refractivity contribution in [3.05, 3.63) is 0 Å². The van der Waals surface area contributed by atoms with Gasteiger partial charge in [0, 0.05) is 13.1 Å². The van der Waals surface area contributed by atoms with Gasteiger partial charge in [-0.2, -0.15) is 0 Å². The second-order valence-corrected chi connectivity index (χ2v) is 2.43. The van der Waals surface area contributed by atoms with E-state index in [0.717, 1.165) is 0 Å². The first-order chi connectivity index (χ1) is 5.17. The van der Waals surface area contributed by atoms with Crippen LogP contribution in [0, 0.1) is 0 Å². The molecule has 66 valence electrons. The van der Waals surface area contributed by atoms with E-state index >= 15 is 0 Å². The maximum atomic E-state index is 11.2. The van der Waals surface area contributed by atoms with Gasteiger partial charge in [0.15, 0.2) is 0 Å². The van der Waals surface area contributed by atoms with Gasteiger partial charge >= 0.3 is 0 Å². The van der Waals surface area contributed by atoms with Crippen LogP contribution >= 0.6 is 0 Å². The molecule has 0 aromatic rings. The molecule has 0 saturated heterocycles. The highest BCUT2D eigenvalue weighted by molar-refractivity contribution is 5.80. The number of hydrogen-bond acceptors (Lipinski definition) is 2. The minimum Gasteiger partial charge on any atom is -0.383 e. The summed E-state index contributed by atoms with van der Waals surface area (Å²) in [4.78, 5) is 12.8. The molecule has 3 heteroatoms. The van der Waals surface area contributed by atoms with Crippen molar-refractivity contribution in [3.8, 4) is 0 Å². The fraction of sp³-hybridized carbons (Fsp3) is 0.875. The van der Waals surface area contributed by atoms with Gasteiger partial charge in [0.05, 0.1) is 0 Å². The number of carbonyl (C=O) groups excluding carboxylic acids is 1. The average Bonchev–Trinajstić information content (AvgIpc) is 2.05. The minimum absolute atomic E-state index is 0.155. The number of rotatable bonds is 4. The van der Waals surface area contributed by atoms with Crippen molar-refractivity contribution in [2.24, 2.45) is 0 Å². The molecule has 0 spiro atoms. The number of amides is 1. The van der Waals surface area contributed by atoms with Crippen LogP contribution in [0.1, 0.15) is 27.2 Å². The van der Waals surface area contributed by atoms with Crippen LogP contribution in [0.3, 0.4) is 0 Å². The summed E-state index contributed by atoms with van der Waals surface area (Å²) in [6.07, 6.45) is -0.315. The first kappa shape index (κ1) is 10.4. The van der Waals surface area contributed by atoms with Crippen LogP contribution in [0.15, 0.2) is 0 Å². The summed E-state index contributed by atoms with van der Waals surface area (Å²) in [5, 5.41) is 9.17. The lowest BCUT2D eigenvalue weighted by atomic mass is 10.2. The van der Waals surface area contributed by atoms with E-state index in [0.29, 0.717) is 19.5 Å². The van der Waals surface area contributed by atoms with Gasteiger partial charge in [-0.15, -0.1) is 0 Å². The Bertz CT molecular complexity index is 121. The Hall–Kier alpha value is -0.570. The summed E-state index contributed by atoms with van der Waals surface area (Å²) < 4.78 is 0. The summed E-state index contributed by atoms with van der Waals surface area (Å²) in [6.45, 7) is 6.96. The van der Waals surface area contributed by atoms with E-state index in [4.69, 9.17) is 5.11 Å². The Morgan fingerprint density at radius 3 is 2.09 bits per heavy atom. The lowest BCUT2D eigenvalue weighted by Gasteiger charge is -2.21. The number of hydrogen-bond donors (Lipinski definition) is 1. The summed E-state index contributed by atoms with van der Waals surface area (Å²) >= 11 is 0. The summed E-state index contributed by atoms with van der Waals surface area (Å²) in [5.74, 6) is -0.155. The molecule has 0 fully saturated rings. The van der Waals surface area contributed by atoms with E-state index in [-0.39, 0.29) is 5.91 Å². The minimum atomic E-state index is -0.810. The van der Waals surface area contributed by atoms with Gasteiger partial charge in [0.1, 0.15) is 6.10 Å². The van der Waals surface area contributed by atoms with E-state index in [2.05, 4.69) is 0 Å². The molecular weight excluding hydrogens is 142 g/mol. The Balaban J connectivity index is 3.97. The molecule has 0 saturated carbocycles. The molecule has 3 nitrogen and oxygen atoms in total. The van der Waals surface area contributed by atoms with Crippen molar-refractivity contribution in [1.29, 1.82) is 0 Å². The van der Waals surface area contributed by atoms with Gasteiger partial charge in [-0.25, -0.2) is 0 Å². The first-order valence-electron chi connectivity index (χ1n) is 4.14. The van der Waals surface area contributed by atoms with Crippen molar-refractivity contribution in [2.45, 2.75) is 33.3 Å². The molecule has 0 heterocycles. The fourth-order valence-corrected chi connectivity index (χ4v) is 0.921. The van der Waals surface area contributed by atoms with Crippen molar-refractivity contribution in [2.75, 3.05) is 13.1 Å². The maximum absolute atomic E-state index is 11.2. The molecule has 0 aromatic carbocycles. The SMILES string of the molecule is CCC(O)C(=O)N(CC)CC. The van der Waals surface area contributed by atoms with Crippen LogP contribution in [0.4, 0.5) is 0 Å². The van der Waals surface area contributed by atoms with E-state index < -0.39 is 6.10 Å². The molecule has 0 aliphatic rings. The summed E-state index contributed by atoms with van der Waals surface area (Å²) in [6, 6.07) is 0. The monoisotopic (exact) mass is 159 g/mol. The number of carbonyl (C=O) groups is 1. The van der Waals surface area contributed by atoms with Gasteiger partial charge in [-0.3, -0.25) is 4.79 Å². The largest absolute Gasteiger partial charge is 0.383 e. The van der Waals surface area contributed by atoms with E-state index in [1.807, 2.05) is 13.8 Å². The predicted molar refractivity (Wildman–Crippen MR) is 44.2 cm³/mol. The van der Waals surface area contributed by atoms with Crippen LogP contribution in [0.2, 0.25) is 0 Å². The molecule has 0 radical (unpaired) electrons. The Kier molecular flexibility index (Phi) is 4.86. The lowest BCUT2D eigenvalue weighted by molar-refractivity contribution is -0.139. The molecule has 0 aliphatic heterocycles. The van der Waals surface area contributed by atoms with Crippen LogP contribution in [0.25, 0.3) is 0 Å². The number of aliphatic hydroxyl groups excluding tert-OH is 1. The molecule has 1 N–H and O–H groups in total. The molecule has 11 heavy (non-hydrogen) atoms. The summed E-state index contributed by atoms with van der Waals surface area (Å²) in [7, 11) is 0. The lowest BCUT2D eigenvalue weighted by Crippen LogP contribution is -2.38. The zero-order valence-electron chi connectivity index (χ0n) is 7.50. The van der Waals surface area contributed by atoms with Crippen LogP contribution in [-0.4, -0.2) is 35.1 Å². The average molecular weight is 159 g/mol. The topological polar surface area (TPSA) is 40.5 Å². The third-order valence-electron chi connectivity index (χ3n) is 1.75. The summed E-state index contributed by atoms with van der Waals surface area (Å²) in [5.41, 5.74) is 0. The highest BCUT2D eigenvalue weighted by atomic mass is 16.3. The van der Waals surface area contributed by atoms with Crippen LogP contribution < -0.4 is 0 Å². The molecule has 0 bridgehead atoms. The zero-order chi connectivity index (χ0) is 8.85. The highest BCUT2D eigenvalue weighted by Gasteiger charge is 2.17. The maximum Gasteiger partial charge on any atom is 0.251 e.